The number of nitrogens with zero attached hydrogens (tertiary/aromatic N) is 2. The van der Waals surface area contributed by atoms with Gasteiger partial charge in [-0.1, -0.05) is 167 Å². The molecule has 4 aromatic rings. The van der Waals surface area contributed by atoms with E-state index in [1.807, 2.05) is 36.4 Å². The molecule has 0 N–H and O–H groups in total. The summed E-state index contributed by atoms with van der Waals surface area (Å²) in [6.45, 7) is 25.4. The van der Waals surface area contributed by atoms with Crippen molar-refractivity contribution in [2.24, 2.45) is 57.2 Å². The molecule has 5 aliphatic heterocycles. The fourth-order valence-electron chi connectivity index (χ4n) is 15.9. The number of hydrogen-bond donors (Lipinski definition) is 0. The quantitative estimate of drug-likeness (QED) is 0.144. The van der Waals surface area contributed by atoms with Crippen molar-refractivity contribution in [3.8, 4) is 11.5 Å². The minimum atomic E-state index is -1.64. The van der Waals surface area contributed by atoms with Gasteiger partial charge in [0.1, 0.15) is 11.5 Å². The first kappa shape index (κ1) is 47.3. The maximum absolute atomic E-state index is 16.9. The zero-order valence-electron chi connectivity index (χ0n) is 44.7. The van der Waals surface area contributed by atoms with Gasteiger partial charge in [-0.25, -0.2) is 9.80 Å². The smallest absolute Gasteiger partial charge is 0.239 e. The van der Waals surface area contributed by atoms with Crippen LogP contribution in [0.25, 0.3) is 0 Å². The minimum absolute atomic E-state index is 0.0118. The second-order valence-electron chi connectivity index (χ2n) is 27.5. The first-order valence-electron chi connectivity index (χ1n) is 26.7. The summed E-state index contributed by atoms with van der Waals surface area (Å²) in [6, 6.07) is 26.4. The maximum Gasteiger partial charge on any atom is 0.239 e. The highest BCUT2D eigenvalue weighted by Crippen LogP contribution is 2.71. The Bertz CT molecular complexity index is 3140. The number of carbonyl (C=O) groups is 6. The van der Waals surface area contributed by atoms with Crippen LogP contribution >= 0.6 is 0 Å². The molecular weight excluding hydrogens is 925 g/mol. The predicted octanol–water partition coefficient (Wildman–Crippen LogP) is 10.4. The molecule has 4 spiro atoms. The molecule has 4 amide bonds. The highest BCUT2D eigenvalue weighted by atomic mass is 16.5. The van der Waals surface area contributed by atoms with Gasteiger partial charge < -0.3 is 9.47 Å². The third-order valence-corrected chi connectivity index (χ3v) is 19.1. The molecule has 4 aromatic carbocycles. The van der Waals surface area contributed by atoms with Crippen LogP contribution in [-0.4, -0.2) is 46.4 Å². The molecule has 4 fully saturated rings. The second-order valence-corrected chi connectivity index (χ2v) is 27.5. The average molecular weight is 991 g/mol. The molecule has 8 bridgehead atoms. The van der Waals surface area contributed by atoms with Gasteiger partial charge in [0.2, 0.25) is 23.6 Å². The number of imide groups is 2. The van der Waals surface area contributed by atoms with E-state index in [1.165, 1.54) is 9.80 Å². The number of ether oxygens (including phenoxy) is 2. The molecule has 15 rings (SSSR count). The Morgan fingerprint density at radius 1 is 0.419 bits per heavy atom. The number of allylic oxidation sites excluding steroid dienone is 2. The Kier molecular flexibility index (Phi) is 9.13. The van der Waals surface area contributed by atoms with E-state index in [2.05, 4.69) is 120 Å². The van der Waals surface area contributed by atoms with Crippen molar-refractivity contribution in [2.75, 3.05) is 9.80 Å². The molecule has 10 atom stereocenters. The minimum Gasteiger partial charge on any atom is -0.478 e. The lowest BCUT2D eigenvalue weighted by atomic mass is 9.43. The topological polar surface area (TPSA) is 127 Å². The number of benzene rings is 4. The second kappa shape index (κ2) is 14.3. The van der Waals surface area contributed by atoms with E-state index in [4.69, 9.17) is 9.47 Å². The van der Waals surface area contributed by atoms with Gasteiger partial charge in [0.25, 0.3) is 0 Å². The molecule has 74 heavy (non-hydrogen) atoms. The zero-order valence-corrected chi connectivity index (χ0v) is 44.7. The number of hydrogen-bond acceptors (Lipinski definition) is 8. The molecule has 6 aliphatic carbocycles. The third kappa shape index (κ3) is 5.78. The van der Waals surface area contributed by atoms with Crippen molar-refractivity contribution in [3.05, 3.63) is 142 Å². The largest absolute Gasteiger partial charge is 0.478 e. The number of para-hydroxylation sites is 2. The van der Waals surface area contributed by atoms with Crippen molar-refractivity contribution < 1.29 is 38.2 Å². The van der Waals surface area contributed by atoms with Gasteiger partial charge >= 0.3 is 0 Å². The van der Waals surface area contributed by atoms with E-state index >= 15 is 28.8 Å². The summed E-state index contributed by atoms with van der Waals surface area (Å²) in [5.41, 5.74) is -1.05. The molecule has 8 unspecified atom stereocenters. The van der Waals surface area contributed by atoms with Gasteiger partial charge in [0.15, 0.2) is 22.8 Å². The highest BCUT2D eigenvalue weighted by molar-refractivity contribution is 6.27. The molecule has 5 heterocycles. The Morgan fingerprint density at radius 3 is 1.05 bits per heavy atom. The van der Waals surface area contributed by atoms with Crippen LogP contribution in [0.3, 0.4) is 0 Å². The molecule has 10 heteroatoms. The summed E-state index contributed by atoms with van der Waals surface area (Å²) in [4.78, 5) is 99.2. The first-order chi connectivity index (χ1) is 34.6. The summed E-state index contributed by atoms with van der Waals surface area (Å²) in [5.74, 6) is -6.79. The monoisotopic (exact) mass is 990 g/mol. The third-order valence-electron chi connectivity index (χ3n) is 19.1. The number of ketones is 2. The molecule has 10 nitrogen and oxygen atoms in total. The van der Waals surface area contributed by atoms with Crippen molar-refractivity contribution in [1.82, 2.24) is 0 Å². The van der Waals surface area contributed by atoms with Crippen LogP contribution in [0.5, 0.6) is 11.5 Å². The molecule has 2 saturated heterocycles. The van der Waals surface area contributed by atoms with Gasteiger partial charge in [0.05, 0.1) is 45.9 Å². The van der Waals surface area contributed by atoms with Crippen LogP contribution in [0.2, 0.25) is 0 Å². The number of carbonyl (C=O) groups excluding carboxylic acids is 6. The zero-order chi connectivity index (χ0) is 52.6. The van der Waals surface area contributed by atoms with E-state index in [9.17, 15) is 0 Å². The highest BCUT2D eigenvalue weighted by Gasteiger charge is 2.80. The van der Waals surface area contributed by atoms with E-state index < -0.39 is 91.0 Å². The van der Waals surface area contributed by atoms with Crippen LogP contribution in [0, 0.1) is 57.2 Å². The standard InChI is InChI=1S/C64H66N2O8/c1-57(2,3)37-23-33-27-61-31-41(59(7,8)9)46(44-47(61)53(69)65(52(44)68)39-19-15-13-16-20-39)64(55(61)71)30-36-26-38(58(4,5)6)24-34(50(36)74-64)28-62-32-42(60(10,11)12)45(63(56(62)72)29-35(25-37)49(33)73-63)43-48(62)54(70)66(51(43)67)40-21-17-14-18-22-40/h13-26,31-32,43-48H,27-30H2,1-12H3/t43?,44?,45?,46?,47?,48?,61?,62?,63-,64+. The molecule has 0 aromatic heterocycles. The lowest BCUT2D eigenvalue weighted by Gasteiger charge is -2.59. The summed E-state index contributed by atoms with van der Waals surface area (Å²) in [7, 11) is 0. The number of anilines is 2. The predicted molar refractivity (Wildman–Crippen MR) is 281 cm³/mol. The van der Waals surface area contributed by atoms with E-state index in [1.54, 1.807) is 24.3 Å². The van der Waals surface area contributed by atoms with Gasteiger partial charge in [-0.05, 0) is 92.1 Å². The SMILES string of the molecule is CC(C)(C)C1=CC23Cc4cc(C(C)(C)C)cc5c4O[C@]4(C5)C(=O)C5(C=C(C(C)(C)C)C4C4C(=O)N(c6ccccc6)C(=O)C45)Cc4cc(C(C)(C)C)cc5c4O[C@@](C5)(C2=O)C1C1C(=O)N(c2ccccc2)C(=O)C13. The number of amides is 4. The van der Waals surface area contributed by atoms with Crippen molar-refractivity contribution >= 4 is 46.6 Å². The fourth-order valence-corrected chi connectivity index (χ4v) is 15.9. The summed E-state index contributed by atoms with van der Waals surface area (Å²) in [5, 5.41) is 0. The number of Topliss-reactive ketones (excluding diaryl/α,β-unsaturated/α-hetero) is 2. The normalized spacial score (nSPS) is 33.4. The van der Waals surface area contributed by atoms with Crippen molar-refractivity contribution in [3.63, 3.8) is 0 Å². The van der Waals surface area contributed by atoms with Crippen LogP contribution in [0.4, 0.5) is 11.4 Å². The van der Waals surface area contributed by atoms with Gasteiger partial charge in [-0.3, -0.25) is 28.8 Å². The van der Waals surface area contributed by atoms with Crippen molar-refractivity contribution in [1.29, 1.82) is 0 Å². The van der Waals surface area contributed by atoms with E-state index in [-0.39, 0.29) is 49.1 Å². The molecule has 0 radical (unpaired) electrons. The lowest BCUT2D eigenvalue weighted by molar-refractivity contribution is -0.172. The van der Waals surface area contributed by atoms with Gasteiger partial charge in [-0.2, -0.15) is 0 Å². The van der Waals surface area contributed by atoms with Crippen molar-refractivity contribution in [2.45, 2.75) is 131 Å². The summed E-state index contributed by atoms with van der Waals surface area (Å²) in [6.07, 6.45) is 4.35. The first-order valence-corrected chi connectivity index (χ1v) is 26.7. The Hall–Kier alpha value is -6.42. The summed E-state index contributed by atoms with van der Waals surface area (Å²) >= 11 is 0. The molecule has 2 saturated carbocycles. The number of rotatable bonds is 2. The molecular formula is C64H66N2O8. The Labute approximate surface area is 433 Å². The average Bonchev–Trinajstić information content (AvgIpc) is 4.05. The Morgan fingerprint density at radius 2 is 0.743 bits per heavy atom. The van der Waals surface area contributed by atoms with Gasteiger partial charge in [-0.15, -0.1) is 0 Å². The van der Waals surface area contributed by atoms with Crippen LogP contribution in [-0.2, 0) is 65.3 Å². The van der Waals surface area contributed by atoms with Crippen LogP contribution in [0.1, 0.15) is 116 Å². The van der Waals surface area contributed by atoms with E-state index in [0.717, 1.165) is 33.4 Å². The molecule has 380 valence electrons. The fraction of sp³-hybridized carbons (Fsp3) is 0.469. The van der Waals surface area contributed by atoms with E-state index in [0.29, 0.717) is 34.0 Å². The van der Waals surface area contributed by atoms with Gasteiger partial charge in [0, 0.05) is 24.7 Å². The maximum atomic E-state index is 16.9. The molecule has 11 aliphatic rings. The van der Waals surface area contributed by atoms with Crippen LogP contribution < -0.4 is 19.3 Å². The lowest BCUT2D eigenvalue weighted by Crippen LogP contribution is -2.71. The summed E-state index contributed by atoms with van der Waals surface area (Å²) < 4.78 is 15.4. The Balaban J connectivity index is 1.15. The van der Waals surface area contributed by atoms with Crippen LogP contribution in [0.15, 0.2) is 108 Å².